The summed E-state index contributed by atoms with van der Waals surface area (Å²) < 4.78 is 41.6. The van der Waals surface area contributed by atoms with Crippen LogP contribution in [0.1, 0.15) is 37.7 Å². The van der Waals surface area contributed by atoms with E-state index in [0.717, 1.165) is 19.3 Å². The Balaban J connectivity index is 2.09. The van der Waals surface area contributed by atoms with E-state index in [0.29, 0.717) is 24.1 Å². The maximum Gasteiger partial charge on any atom is 0.422 e. The topological polar surface area (TPSA) is 64.4 Å². The molecule has 7 heteroatoms. The van der Waals surface area contributed by atoms with Crippen LogP contribution in [0.15, 0.2) is 18.2 Å². The van der Waals surface area contributed by atoms with Gasteiger partial charge in [0.2, 0.25) is 5.91 Å². The number of carbonyl (C=O) groups excluding carboxylic acids is 1. The van der Waals surface area contributed by atoms with Gasteiger partial charge in [-0.05, 0) is 31.9 Å². The zero-order valence-electron chi connectivity index (χ0n) is 13.0. The Hall–Kier alpha value is -1.76. The van der Waals surface area contributed by atoms with E-state index < -0.39 is 18.3 Å². The first-order chi connectivity index (χ1) is 10.7. The van der Waals surface area contributed by atoms with Crippen LogP contribution in [-0.4, -0.2) is 24.2 Å². The molecule has 0 radical (unpaired) electrons. The standard InChI is InChI=1S/C16H21F3N2O2/c1-11-12(6-5-7-13(11)23-10-16(17,18)19)21-14(22)15(20)8-3-2-4-9-15/h5-7H,2-4,8-10,20H2,1H3,(H,21,22). The van der Waals surface area contributed by atoms with Crippen molar-refractivity contribution in [3.8, 4) is 5.75 Å². The average molecular weight is 330 g/mol. The fraction of sp³-hybridized carbons (Fsp3) is 0.562. The summed E-state index contributed by atoms with van der Waals surface area (Å²) in [6.07, 6.45) is -0.319. The van der Waals surface area contributed by atoms with Crippen LogP contribution in [0.4, 0.5) is 18.9 Å². The number of rotatable bonds is 4. The van der Waals surface area contributed by atoms with E-state index in [9.17, 15) is 18.0 Å². The molecule has 0 unspecified atom stereocenters. The van der Waals surface area contributed by atoms with Crippen LogP contribution in [0, 0.1) is 6.92 Å². The van der Waals surface area contributed by atoms with Crippen LogP contribution in [0.2, 0.25) is 0 Å². The number of benzene rings is 1. The fourth-order valence-corrected chi connectivity index (χ4v) is 2.72. The van der Waals surface area contributed by atoms with E-state index in [1.54, 1.807) is 19.1 Å². The third kappa shape index (κ3) is 4.60. The molecule has 128 valence electrons. The van der Waals surface area contributed by atoms with Gasteiger partial charge in [0.15, 0.2) is 6.61 Å². The number of anilines is 1. The molecule has 0 spiro atoms. The lowest BCUT2D eigenvalue weighted by molar-refractivity contribution is -0.153. The predicted octanol–water partition coefficient (Wildman–Crippen LogP) is 3.54. The first-order valence-corrected chi connectivity index (χ1v) is 7.61. The molecule has 23 heavy (non-hydrogen) atoms. The van der Waals surface area contributed by atoms with Gasteiger partial charge in [-0.3, -0.25) is 4.79 Å². The van der Waals surface area contributed by atoms with Crippen LogP contribution in [-0.2, 0) is 4.79 Å². The molecule has 3 N–H and O–H groups in total. The Morgan fingerprint density at radius 2 is 1.96 bits per heavy atom. The van der Waals surface area contributed by atoms with Crippen molar-refractivity contribution in [2.24, 2.45) is 5.73 Å². The maximum absolute atomic E-state index is 12.4. The summed E-state index contributed by atoms with van der Waals surface area (Å²) in [7, 11) is 0. The Labute approximate surface area is 133 Å². The molecule has 0 aromatic heterocycles. The zero-order valence-corrected chi connectivity index (χ0v) is 13.0. The molecule has 0 bridgehead atoms. The van der Waals surface area contributed by atoms with E-state index in [4.69, 9.17) is 10.5 Å². The van der Waals surface area contributed by atoms with E-state index in [1.807, 2.05) is 0 Å². The quantitative estimate of drug-likeness (QED) is 0.887. The summed E-state index contributed by atoms with van der Waals surface area (Å²) in [4.78, 5) is 12.4. The molecular formula is C16H21F3N2O2. The number of halogens is 3. The fourth-order valence-electron chi connectivity index (χ4n) is 2.72. The lowest BCUT2D eigenvalue weighted by atomic mass is 9.82. The van der Waals surface area contributed by atoms with Crippen molar-refractivity contribution in [1.29, 1.82) is 0 Å². The highest BCUT2D eigenvalue weighted by molar-refractivity contribution is 5.98. The second-order valence-corrected chi connectivity index (χ2v) is 6.00. The maximum atomic E-state index is 12.4. The molecule has 1 aliphatic rings. The van der Waals surface area contributed by atoms with E-state index in [1.165, 1.54) is 6.07 Å². The summed E-state index contributed by atoms with van der Waals surface area (Å²) in [5, 5.41) is 2.73. The molecule has 0 aliphatic heterocycles. The highest BCUT2D eigenvalue weighted by Crippen LogP contribution is 2.30. The van der Waals surface area contributed by atoms with Gasteiger partial charge in [0.05, 0.1) is 5.54 Å². The molecule has 1 aliphatic carbocycles. The van der Waals surface area contributed by atoms with Gasteiger partial charge in [-0.15, -0.1) is 0 Å². The Morgan fingerprint density at radius 3 is 2.57 bits per heavy atom. The van der Waals surface area contributed by atoms with Crippen molar-refractivity contribution in [2.75, 3.05) is 11.9 Å². The third-order valence-electron chi connectivity index (χ3n) is 4.12. The van der Waals surface area contributed by atoms with Crippen LogP contribution in [0.5, 0.6) is 5.75 Å². The number of alkyl halides is 3. The highest BCUT2D eigenvalue weighted by Gasteiger charge is 2.35. The molecule has 4 nitrogen and oxygen atoms in total. The molecule has 0 heterocycles. The monoisotopic (exact) mass is 330 g/mol. The first-order valence-electron chi connectivity index (χ1n) is 7.61. The molecule has 2 rings (SSSR count). The largest absolute Gasteiger partial charge is 0.484 e. The van der Waals surface area contributed by atoms with Crippen molar-refractivity contribution in [2.45, 2.75) is 50.7 Å². The number of carbonyl (C=O) groups is 1. The smallest absolute Gasteiger partial charge is 0.422 e. The minimum absolute atomic E-state index is 0.0924. The van der Waals surface area contributed by atoms with Gasteiger partial charge in [-0.25, -0.2) is 0 Å². The van der Waals surface area contributed by atoms with Crippen LogP contribution >= 0.6 is 0 Å². The van der Waals surface area contributed by atoms with Gasteiger partial charge in [0, 0.05) is 11.3 Å². The molecule has 1 fully saturated rings. The molecule has 1 amide bonds. The van der Waals surface area contributed by atoms with Gasteiger partial charge in [0.25, 0.3) is 0 Å². The van der Waals surface area contributed by atoms with E-state index >= 15 is 0 Å². The van der Waals surface area contributed by atoms with Crippen molar-refractivity contribution < 1.29 is 22.7 Å². The second-order valence-electron chi connectivity index (χ2n) is 6.00. The Morgan fingerprint density at radius 1 is 1.30 bits per heavy atom. The van der Waals surface area contributed by atoms with Crippen molar-refractivity contribution >= 4 is 11.6 Å². The molecule has 1 aromatic rings. The second kappa shape index (κ2) is 6.78. The number of hydrogen-bond acceptors (Lipinski definition) is 3. The Bertz CT molecular complexity index is 567. The van der Waals surface area contributed by atoms with Crippen molar-refractivity contribution in [3.05, 3.63) is 23.8 Å². The first kappa shape index (κ1) is 17.6. The van der Waals surface area contributed by atoms with Crippen LogP contribution in [0.25, 0.3) is 0 Å². The van der Waals surface area contributed by atoms with Gasteiger partial charge in [-0.2, -0.15) is 13.2 Å². The summed E-state index contributed by atoms with van der Waals surface area (Å²) >= 11 is 0. The van der Waals surface area contributed by atoms with Crippen molar-refractivity contribution in [1.82, 2.24) is 0 Å². The summed E-state index contributed by atoms with van der Waals surface area (Å²) in [6.45, 7) is 0.234. The van der Waals surface area contributed by atoms with Gasteiger partial charge in [0.1, 0.15) is 5.75 Å². The summed E-state index contributed by atoms with van der Waals surface area (Å²) in [5.74, 6) is -0.205. The molecule has 0 saturated heterocycles. The number of amides is 1. The molecule has 1 saturated carbocycles. The lowest BCUT2D eigenvalue weighted by Crippen LogP contribution is -2.52. The van der Waals surface area contributed by atoms with Crippen molar-refractivity contribution in [3.63, 3.8) is 0 Å². The highest BCUT2D eigenvalue weighted by atomic mass is 19.4. The van der Waals surface area contributed by atoms with Gasteiger partial charge < -0.3 is 15.8 Å². The van der Waals surface area contributed by atoms with E-state index in [-0.39, 0.29) is 11.7 Å². The number of ether oxygens (including phenoxy) is 1. The zero-order chi connectivity index (χ0) is 17.1. The van der Waals surface area contributed by atoms with Gasteiger partial charge >= 0.3 is 6.18 Å². The molecule has 1 aromatic carbocycles. The van der Waals surface area contributed by atoms with Crippen LogP contribution in [0.3, 0.4) is 0 Å². The number of hydrogen-bond donors (Lipinski definition) is 2. The van der Waals surface area contributed by atoms with Gasteiger partial charge in [-0.1, -0.05) is 25.3 Å². The average Bonchev–Trinajstić information content (AvgIpc) is 2.48. The van der Waals surface area contributed by atoms with E-state index in [2.05, 4.69) is 5.32 Å². The third-order valence-corrected chi connectivity index (χ3v) is 4.12. The minimum atomic E-state index is -4.41. The van der Waals surface area contributed by atoms with Crippen LogP contribution < -0.4 is 15.8 Å². The predicted molar refractivity (Wildman–Crippen MR) is 81.4 cm³/mol. The Kier molecular flexibility index (Phi) is 5.19. The molecular weight excluding hydrogens is 309 g/mol. The number of nitrogens with one attached hydrogen (secondary N) is 1. The summed E-state index contributed by atoms with van der Waals surface area (Å²) in [5.41, 5.74) is 6.12. The number of nitrogens with two attached hydrogens (primary N) is 1. The SMILES string of the molecule is Cc1c(NC(=O)C2(N)CCCCC2)cccc1OCC(F)(F)F. The normalized spacial score (nSPS) is 17.6. The minimum Gasteiger partial charge on any atom is -0.484 e. The molecule has 0 atom stereocenters. The lowest BCUT2D eigenvalue weighted by Gasteiger charge is -2.32. The summed E-state index contributed by atoms with van der Waals surface area (Å²) in [6, 6.07) is 4.60.